The van der Waals surface area contributed by atoms with Gasteiger partial charge in [0.05, 0.1) is 0 Å². The summed E-state index contributed by atoms with van der Waals surface area (Å²) in [5.74, 6) is 1.04. The Morgan fingerprint density at radius 2 is 2.13 bits per heavy atom. The first kappa shape index (κ1) is 12.1. The highest BCUT2D eigenvalue weighted by Gasteiger charge is 2.05. The Morgan fingerprint density at radius 3 is 2.67 bits per heavy atom. The predicted octanol–water partition coefficient (Wildman–Crippen LogP) is 3.37. The molecule has 1 N–H and O–H groups in total. The molecule has 0 atom stereocenters. The van der Waals surface area contributed by atoms with E-state index in [1.165, 1.54) is 24.8 Å². The molecule has 0 saturated heterocycles. The number of hydrogen-bond donors (Lipinski definition) is 1. The highest BCUT2D eigenvalue weighted by atomic mass is 15.3. The van der Waals surface area contributed by atoms with E-state index >= 15 is 0 Å². The molecule has 86 valence electrons. The first-order chi connectivity index (χ1) is 7.15. The lowest BCUT2D eigenvalue weighted by Gasteiger charge is -2.05. The summed E-state index contributed by atoms with van der Waals surface area (Å²) in [6.07, 6.45) is 5.88. The zero-order valence-corrected chi connectivity index (χ0v) is 10.4. The van der Waals surface area contributed by atoms with Crippen molar-refractivity contribution in [2.75, 3.05) is 11.9 Å². The fraction of sp³-hybridized carbons (Fsp3) is 0.750. The maximum absolute atomic E-state index is 4.51. The summed E-state index contributed by atoms with van der Waals surface area (Å²) in [6, 6.07) is 0.440. The molecule has 0 saturated carbocycles. The van der Waals surface area contributed by atoms with Crippen LogP contribution in [-0.4, -0.2) is 16.3 Å². The van der Waals surface area contributed by atoms with Gasteiger partial charge in [-0.3, -0.25) is 4.68 Å². The van der Waals surface area contributed by atoms with Crippen LogP contribution >= 0.6 is 0 Å². The van der Waals surface area contributed by atoms with E-state index in [-0.39, 0.29) is 0 Å². The number of nitrogens with zero attached hydrogens (tertiary/aromatic N) is 2. The van der Waals surface area contributed by atoms with Gasteiger partial charge in [0.25, 0.3) is 0 Å². The molecule has 0 aliphatic carbocycles. The highest BCUT2D eigenvalue weighted by Crippen LogP contribution is 2.14. The van der Waals surface area contributed by atoms with Crippen LogP contribution in [0, 0.1) is 6.92 Å². The summed E-state index contributed by atoms with van der Waals surface area (Å²) in [5, 5.41) is 7.90. The van der Waals surface area contributed by atoms with E-state index in [2.05, 4.69) is 44.3 Å². The molecule has 0 fully saturated rings. The van der Waals surface area contributed by atoms with E-state index in [4.69, 9.17) is 0 Å². The molecule has 0 radical (unpaired) electrons. The van der Waals surface area contributed by atoms with E-state index in [0.29, 0.717) is 6.04 Å². The van der Waals surface area contributed by atoms with Gasteiger partial charge in [-0.05, 0) is 27.2 Å². The summed E-state index contributed by atoms with van der Waals surface area (Å²) in [4.78, 5) is 0. The third kappa shape index (κ3) is 3.57. The lowest BCUT2D eigenvalue weighted by Crippen LogP contribution is -2.05. The number of hydrogen-bond acceptors (Lipinski definition) is 2. The van der Waals surface area contributed by atoms with E-state index in [9.17, 15) is 0 Å². The molecule has 3 nitrogen and oxygen atoms in total. The molecule has 0 unspecified atom stereocenters. The second-order valence-electron chi connectivity index (χ2n) is 4.37. The van der Waals surface area contributed by atoms with Gasteiger partial charge < -0.3 is 5.32 Å². The maximum Gasteiger partial charge on any atom is 0.150 e. The zero-order valence-electron chi connectivity index (χ0n) is 10.4. The first-order valence-corrected chi connectivity index (χ1v) is 5.94. The molecule has 0 aliphatic rings. The third-order valence-corrected chi connectivity index (χ3v) is 2.52. The molecule has 0 amide bonds. The van der Waals surface area contributed by atoms with Crippen molar-refractivity contribution < 1.29 is 0 Å². The van der Waals surface area contributed by atoms with E-state index in [0.717, 1.165) is 12.4 Å². The Hall–Kier alpha value is -0.990. The fourth-order valence-corrected chi connectivity index (χ4v) is 1.50. The van der Waals surface area contributed by atoms with Crippen molar-refractivity contribution in [1.82, 2.24) is 9.78 Å². The van der Waals surface area contributed by atoms with Crippen LogP contribution in [0.4, 0.5) is 5.82 Å². The molecule has 1 rings (SSSR count). The average Bonchev–Trinajstić information content (AvgIpc) is 2.55. The Labute approximate surface area is 92.9 Å². The maximum atomic E-state index is 4.51. The summed E-state index contributed by atoms with van der Waals surface area (Å²) < 4.78 is 2.01. The van der Waals surface area contributed by atoms with Crippen molar-refractivity contribution in [1.29, 1.82) is 0 Å². The Kier molecular flexibility index (Phi) is 4.66. The largest absolute Gasteiger partial charge is 0.368 e. The monoisotopic (exact) mass is 209 g/mol. The molecule has 1 heterocycles. The number of aryl methyl sites for hydroxylation is 1. The van der Waals surface area contributed by atoms with Crippen LogP contribution in [0.5, 0.6) is 0 Å². The van der Waals surface area contributed by atoms with Crippen LogP contribution < -0.4 is 5.32 Å². The molecule has 0 aromatic carbocycles. The molecule has 3 heteroatoms. The fourth-order valence-electron chi connectivity index (χ4n) is 1.50. The van der Waals surface area contributed by atoms with Gasteiger partial charge >= 0.3 is 0 Å². The third-order valence-electron chi connectivity index (χ3n) is 2.52. The number of rotatable bonds is 6. The predicted molar refractivity (Wildman–Crippen MR) is 65.4 cm³/mol. The zero-order chi connectivity index (χ0) is 11.3. The van der Waals surface area contributed by atoms with Gasteiger partial charge in [-0.15, -0.1) is 0 Å². The quantitative estimate of drug-likeness (QED) is 0.728. The van der Waals surface area contributed by atoms with Crippen LogP contribution in [0.1, 0.15) is 51.6 Å². The molecule has 0 spiro atoms. The van der Waals surface area contributed by atoms with Crippen molar-refractivity contribution in [3.63, 3.8) is 0 Å². The lowest BCUT2D eigenvalue weighted by atomic mass is 10.2. The van der Waals surface area contributed by atoms with Crippen LogP contribution in [-0.2, 0) is 0 Å². The minimum absolute atomic E-state index is 0.440. The van der Waals surface area contributed by atoms with Crippen molar-refractivity contribution in [3.8, 4) is 0 Å². The molecule has 15 heavy (non-hydrogen) atoms. The number of aromatic nitrogens is 2. The van der Waals surface area contributed by atoms with Crippen LogP contribution in [0.15, 0.2) is 6.20 Å². The Bertz CT molecular complexity index is 289. The summed E-state index contributed by atoms with van der Waals surface area (Å²) >= 11 is 0. The first-order valence-electron chi connectivity index (χ1n) is 5.94. The molecule has 1 aromatic rings. The summed E-state index contributed by atoms with van der Waals surface area (Å²) in [5.41, 5.74) is 1.24. The van der Waals surface area contributed by atoms with Gasteiger partial charge in [0, 0.05) is 24.3 Å². The summed E-state index contributed by atoms with van der Waals surface area (Å²) in [6.45, 7) is 9.65. The van der Waals surface area contributed by atoms with E-state index in [1.54, 1.807) is 0 Å². The molecule has 0 bridgehead atoms. The molecular weight excluding hydrogens is 186 g/mol. The number of unbranched alkanes of at least 4 members (excludes halogenated alkanes) is 2. The van der Waals surface area contributed by atoms with Crippen molar-refractivity contribution in [2.45, 2.75) is 53.0 Å². The summed E-state index contributed by atoms with van der Waals surface area (Å²) in [7, 11) is 0. The second-order valence-corrected chi connectivity index (χ2v) is 4.37. The van der Waals surface area contributed by atoms with Gasteiger partial charge in [0.1, 0.15) is 0 Å². The average molecular weight is 209 g/mol. The van der Waals surface area contributed by atoms with Crippen LogP contribution in [0.25, 0.3) is 0 Å². The SMILES string of the molecule is CCCCCNc1nn(C(C)C)cc1C. The van der Waals surface area contributed by atoms with Crippen molar-refractivity contribution in [3.05, 3.63) is 11.8 Å². The van der Waals surface area contributed by atoms with Crippen LogP contribution in [0.2, 0.25) is 0 Å². The molecular formula is C12H23N3. The smallest absolute Gasteiger partial charge is 0.150 e. The minimum atomic E-state index is 0.440. The standard InChI is InChI=1S/C12H23N3/c1-5-6-7-8-13-12-11(4)9-15(14-12)10(2)3/h9-10H,5-8H2,1-4H3,(H,13,14). The Balaban J connectivity index is 2.46. The van der Waals surface area contributed by atoms with Crippen molar-refractivity contribution >= 4 is 5.82 Å². The van der Waals surface area contributed by atoms with Gasteiger partial charge in [0.15, 0.2) is 5.82 Å². The molecule has 1 aromatic heterocycles. The molecule has 0 aliphatic heterocycles. The number of anilines is 1. The van der Waals surface area contributed by atoms with E-state index in [1.807, 2.05) is 4.68 Å². The van der Waals surface area contributed by atoms with Gasteiger partial charge in [0.2, 0.25) is 0 Å². The van der Waals surface area contributed by atoms with Gasteiger partial charge in [-0.1, -0.05) is 19.8 Å². The second kappa shape index (κ2) is 5.79. The normalized spacial score (nSPS) is 11.0. The van der Waals surface area contributed by atoms with Crippen LogP contribution in [0.3, 0.4) is 0 Å². The van der Waals surface area contributed by atoms with Gasteiger partial charge in [-0.25, -0.2) is 0 Å². The highest BCUT2D eigenvalue weighted by molar-refractivity contribution is 5.41. The topological polar surface area (TPSA) is 29.9 Å². The van der Waals surface area contributed by atoms with Crippen molar-refractivity contribution in [2.24, 2.45) is 0 Å². The lowest BCUT2D eigenvalue weighted by molar-refractivity contribution is 0.533. The van der Waals surface area contributed by atoms with E-state index < -0.39 is 0 Å². The van der Waals surface area contributed by atoms with Gasteiger partial charge in [-0.2, -0.15) is 5.10 Å². The number of nitrogens with one attached hydrogen (secondary N) is 1. The minimum Gasteiger partial charge on any atom is -0.368 e. The Morgan fingerprint density at radius 1 is 1.40 bits per heavy atom.